The maximum Gasteiger partial charge on any atom is 0.240 e. The van der Waals surface area contributed by atoms with Crippen molar-refractivity contribution in [3.8, 4) is 0 Å². The number of nitrogens with zero attached hydrogens (tertiary/aromatic N) is 1. The average Bonchev–Trinajstić information content (AvgIpc) is 3.12. The smallest absolute Gasteiger partial charge is 0.240 e. The Morgan fingerprint density at radius 3 is 2.68 bits per heavy atom. The number of morpholine rings is 1. The summed E-state index contributed by atoms with van der Waals surface area (Å²) in [7, 11) is -3.74. The van der Waals surface area contributed by atoms with Crippen LogP contribution in [0.15, 0.2) is 45.9 Å². The first kappa shape index (κ1) is 18.1. The number of nitrogens with one attached hydrogen (secondary N) is 1. The molecule has 8 heteroatoms. The van der Waals surface area contributed by atoms with E-state index in [4.69, 9.17) is 9.15 Å². The number of sulfonamides is 1. The summed E-state index contributed by atoms with van der Waals surface area (Å²) in [6.07, 6.45) is 1.57. The standard InChI is InChI=1S/C17H21FN2O4S/c1-13-11-14(4-5-15(13)18)25(21,22)19-12-16(17-3-2-8-24-17)20-6-9-23-10-7-20/h2-5,8,11,16,19H,6-7,9-10,12H2,1H3. The topological polar surface area (TPSA) is 71.8 Å². The summed E-state index contributed by atoms with van der Waals surface area (Å²) in [5.41, 5.74) is 0.290. The van der Waals surface area contributed by atoms with Crippen molar-refractivity contribution in [3.63, 3.8) is 0 Å². The predicted octanol–water partition coefficient (Wildman–Crippen LogP) is 2.08. The van der Waals surface area contributed by atoms with E-state index in [-0.39, 0.29) is 17.5 Å². The third kappa shape index (κ3) is 4.27. The Kier molecular flexibility index (Phi) is 5.53. The minimum Gasteiger partial charge on any atom is -0.468 e. The van der Waals surface area contributed by atoms with Gasteiger partial charge in [0.05, 0.1) is 30.4 Å². The first-order valence-corrected chi connectivity index (χ1v) is 9.57. The summed E-state index contributed by atoms with van der Waals surface area (Å²) in [4.78, 5) is 2.17. The molecule has 1 aromatic heterocycles. The molecular formula is C17H21FN2O4S. The van der Waals surface area contributed by atoms with Gasteiger partial charge in [-0.2, -0.15) is 0 Å². The van der Waals surface area contributed by atoms with Crippen molar-refractivity contribution >= 4 is 10.0 Å². The molecule has 0 aliphatic carbocycles. The number of aryl methyl sites for hydroxylation is 1. The lowest BCUT2D eigenvalue weighted by atomic mass is 10.2. The molecular weight excluding hydrogens is 347 g/mol. The molecule has 1 saturated heterocycles. The van der Waals surface area contributed by atoms with Crippen LogP contribution in [0.3, 0.4) is 0 Å². The van der Waals surface area contributed by atoms with Gasteiger partial charge in [-0.1, -0.05) is 0 Å². The van der Waals surface area contributed by atoms with Crippen molar-refractivity contribution in [1.29, 1.82) is 0 Å². The number of halogens is 1. The Morgan fingerprint density at radius 1 is 1.28 bits per heavy atom. The second-order valence-electron chi connectivity index (χ2n) is 5.94. The molecule has 1 aliphatic rings. The van der Waals surface area contributed by atoms with Crippen molar-refractivity contribution in [3.05, 3.63) is 53.7 Å². The third-order valence-electron chi connectivity index (χ3n) is 4.26. The van der Waals surface area contributed by atoms with E-state index in [1.807, 2.05) is 6.07 Å². The number of benzene rings is 1. The van der Waals surface area contributed by atoms with Crippen molar-refractivity contribution in [1.82, 2.24) is 9.62 Å². The van der Waals surface area contributed by atoms with Crippen LogP contribution in [0, 0.1) is 12.7 Å². The molecule has 136 valence electrons. The van der Waals surface area contributed by atoms with Crippen LogP contribution in [-0.2, 0) is 14.8 Å². The highest BCUT2D eigenvalue weighted by atomic mass is 32.2. The molecule has 0 radical (unpaired) electrons. The number of rotatable bonds is 6. The van der Waals surface area contributed by atoms with Crippen LogP contribution in [0.25, 0.3) is 0 Å². The number of furan rings is 1. The van der Waals surface area contributed by atoms with Crippen LogP contribution in [0.1, 0.15) is 17.4 Å². The SMILES string of the molecule is Cc1cc(S(=O)(=O)NCC(c2ccco2)N2CCOCC2)ccc1F. The highest BCUT2D eigenvalue weighted by Gasteiger charge is 2.27. The first-order chi connectivity index (χ1) is 12.0. The van der Waals surface area contributed by atoms with Crippen LogP contribution in [0.5, 0.6) is 0 Å². The Bertz CT molecular complexity index is 802. The molecule has 1 atom stereocenters. The molecule has 1 aliphatic heterocycles. The second kappa shape index (κ2) is 7.65. The number of hydrogen-bond donors (Lipinski definition) is 1. The molecule has 0 bridgehead atoms. The van der Waals surface area contributed by atoms with Crippen LogP contribution >= 0.6 is 0 Å². The van der Waals surface area contributed by atoms with E-state index in [0.29, 0.717) is 37.6 Å². The molecule has 0 saturated carbocycles. The molecule has 0 amide bonds. The zero-order chi connectivity index (χ0) is 17.9. The zero-order valence-corrected chi connectivity index (χ0v) is 14.8. The van der Waals surface area contributed by atoms with E-state index in [1.165, 1.54) is 19.1 Å². The molecule has 6 nitrogen and oxygen atoms in total. The highest BCUT2D eigenvalue weighted by Crippen LogP contribution is 2.23. The lowest BCUT2D eigenvalue weighted by Crippen LogP contribution is -2.43. The van der Waals surface area contributed by atoms with E-state index in [1.54, 1.807) is 12.3 Å². The van der Waals surface area contributed by atoms with E-state index in [0.717, 1.165) is 6.07 Å². The van der Waals surface area contributed by atoms with Gasteiger partial charge < -0.3 is 9.15 Å². The lowest BCUT2D eigenvalue weighted by Gasteiger charge is -2.33. The van der Waals surface area contributed by atoms with Gasteiger partial charge in [0.1, 0.15) is 11.6 Å². The second-order valence-corrected chi connectivity index (χ2v) is 7.71. The fourth-order valence-corrected chi connectivity index (χ4v) is 3.96. The molecule has 1 unspecified atom stereocenters. The van der Waals surface area contributed by atoms with Gasteiger partial charge in [-0.05, 0) is 42.8 Å². The predicted molar refractivity (Wildman–Crippen MR) is 90.2 cm³/mol. The van der Waals surface area contributed by atoms with Gasteiger partial charge >= 0.3 is 0 Å². The Hall–Kier alpha value is -1.74. The molecule has 0 spiro atoms. The van der Waals surface area contributed by atoms with Crippen molar-refractivity contribution in [2.24, 2.45) is 0 Å². The average molecular weight is 368 g/mol. The van der Waals surface area contributed by atoms with E-state index in [2.05, 4.69) is 9.62 Å². The van der Waals surface area contributed by atoms with Crippen LogP contribution in [0.4, 0.5) is 4.39 Å². The summed E-state index contributed by atoms with van der Waals surface area (Å²) in [5, 5.41) is 0. The summed E-state index contributed by atoms with van der Waals surface area (Å²) in [6, 6.07) is 7.14. The number of hydrogen-bond acceptors (Lipinski definition) is 5. The normalized spacial score (nSPS) is 17.5. The lowest BCUT2D eigenvalue weighted by molar-refractivity contribution is 0.0128. The molecule has 3 rings (SSSR count). The van der Waals surface area contributed by atoms with Crippen LogP contribution in [0.2, 0.25) is 0 Å². The van der Waals surface area contributed by atoms with Gasteiger partial charge in [0.2, 0.25) is 10.0 Å². The Labute approximate surface area is 146 Å². The number of ether oxygens (including phenoxy) is 1. The molecule has 2 heterocycles. The molecule has 1 aromatic carbocycles. The van der Waals surface area contributed by atoms with Crippen LogP contribution < -0.4 is 4.72 Å². The fourth-order valence-electron chi connectivity index (χ4n) is 2.84. The van der Waals surface area contributed by atoms with E-state index < -0.39 is 15.8 Å². The molecule has 1 N–H and O–H groups in total. The van der Waals surface area contributed by atoms with Gasteiger partial charge in [0, 0.05) is 19.6 Å². The van der Waals surface area contributed by atoms with Gasteiger partial charge in [0.15, 0.2) is 0 Å². The largest absolute Gasteiger partial charge is 0.468 e. The maximum absolute atomic E-state index is 13.4. The van der Waals surface area contributed by atoms with Gasteiger partial charge in [-0.3, -0.25) is 4.90 Å². The van der Waals surface area contributed by atoms with Gasteiger partial charge in [-0.25, -0.2) is 17.5 Å². The third-order valence-corrected chi connectivity index (χ3v) is 5.69. The highest BCUT2D eigenvalue weighted by molar-refractivity contribution is 7.89. The Balaban J connectivity index is 1.76. The van der Waals surface area contributed by atoms with E-state index in [9.17, 15) is 12.8 Å². The van der Waals surface area contributed by atoms with Crippen molar-refractivity contribution in [2.45, 2.75) is 17.9 Å². The van der Waals surface area contributed by atoms with E-state index >= 15 is 0 Å². The van der Waals surface area contributed by atoms with Crippen LogP contribution in [-0.4, -0.2) is 46.2 Å². The first-order valence-electron chi connectivity index (χ1n) is 8.08. The summed E-state index contributed by atoms with van der Waals surface area (Å²) >= 11 is 0. The summed E-state index contributed by atoms with van der Waals surface area (Å²) in [5.74, 6) is 0.264. The summed E-state index contributed by atoms with van der Waals surface area (Å²) < 4.78 is 51.9. The quantitative estimate of drug-likeness (QED) is 0.845. The van der Waals surface area contributed by atoms with Gasteiger partial charge in [-0.15, -0.1) is 0 Å². The summed E-state index contributed by atoms with van der Waals surface area (Å²) in [6.45, 7) is 4.29. The van der Waals surface area contributed by atoms with Crippen molar-refractivity contribution < 1.29 is 22.0 Å². The fraction of sp³-hybridized carbons (Fsp3) is 0.412. The van der Waals surface area contributed by atoms with Gasteiger partial charge in [0.25, 0.3) is 0 Å². The maximum atomic E-state index is 13.4. The minimum atomic E-state index is -3.74. The molecule has 2 aromatic rings. The zero-order valence-electron chi connectivity index (χ0n) is 13.9. The Morgan fingerprint density at radius 2 is 2.04 bits per heavy atom. The minimum absolute atomic E-state index is 0.0478. The monoisotopic (exact) mass is 368 g/mol. The molecule has 25 heavy (non-hydrogen) atoms. The van der Waals surface area contributed by atoms with Crippen molar-refractivity contribution in [2.75, 3.05) is 32.8 Å². The molecule has 1 fully saturated rings.